The van der Waals surface area contributed by atoms with Crippen LogP contribution in [0.15, 0.2) is 60.0 Å². The molecule has 0 amide bonds. The molecule has 3 heterocycles. The molecule has 0 fully saturated rings. The largest absolute Gasteiger partial charge is 0.481 e. The minimum atomic E-state index is -0.853. The van der Waals surface area contributed by atoms with Gasteiger partial charge < -0.3 is 15.7 Å². The van der Waals surface area contributed by atoms with Crippen LogP contribution < -0.4 is 10.6 Å². The molecule has 2 aromatic carbocycles. The SMILES string of the molecule is CC1=CNC2NC=C(c3nc4cc(C)c(CC(=O)O)c(-c5ccc(Cl)cc5)c4s3)C=C12. The van der Waals surface area contributed by atoms with E-state index in [2.05, 4.69) is 23.6 Å². The van der Waals surface area contributed by atoms with E-state index in [0.29, 0.717) is 5.02 Å². The van der Waals surface area contributed by atoms with Crippen molar-refractivity contribution in [1.29, 1.82) is 0 Å². The Balaban J connectivity index is 1.70. The van der Waals surface area contributed by atoms with E-state index in [1.165, 1.54) is 11.1 Å². The summed E-state index contributed by atoms with van der Waals surface area (Å²) in [5.41, 5.74) is 7.89. The number of benzene rings is 2. The molecule has 0 saturated carbocycles. The first kappa shape index (κ1) is 19.8. The van der Waals surface area contributed by atoms with E-state index in [0.717, 1.165) is 43.1 Å². The van der Waals surface area contributed by atoms with E-state index in [1.807, 2.05) is 49.7 Å². The number of carboxylic acid groups (broad SMARTS) is 1. The second kappa shape index (κ2) is 7.55. The number of carbonyl (C=O) groups is 1. The normalized spacial score (nSPS) is 17.4. The third-order valence-corrected chi connectivity index (χ3v) is 7.06. The summed E-state index contributed by atoms with van der Waals surface area (Å²) in [6.45, 7) is 4.03. The molecule has 7 heteroatoms. The molecule has 2 aliphatic heterocycles. The number of rotatable bonds is 4. The summed E-state index contributed by atoms with van der Waals surface area (Å²) in [5.74, 6) is -0.853. The molecule has 0 bridgehead atoms. The van der Waals surface area contributed by atoms with Gasteiger partial charge in [-0.25, -0.2) is 4.98 Å². The predicted octanol–water partition coefficient (Wildman–Crippen LogP) is 5.26. The van der Waals surface area contributed by atoms with E-state index in [-0.39, 0.29) is 12.6 Å². The molecule has 156 valence electrons. The first-order chi connectivity index (χ1) is 14.9. The number of hydrogen-bond acceptors (Lipinski definition) is 5. The minimum absolute atomic E-state index is 0.0430. The van der Waals surface area contributed by atoms with Gasteiger partial charge in [0.2, 0.25) is 0 Å². The summed E-state index contributed by atoms with van der Waals surface area (Å²) in [6, 6.07) is 9.53. The van der Waals surface area contributed by atoms with Crippen LogP contribution in [0.5, 0.6) is 0 Å². The smallest absolute Gasteiger partial charge is 0.307 e. The average molecular weight is 450 g/mol. The fraction of sp³-hybridized carbons (Fsp3) is 0.167. The second-order valence-electron chi connectivity index (χ2n) is 7.78. The lowest BCUT2D eigenvalue weighted by atomic mass is 9.93. The number of aromatic nitrogens is 1. The van der Waals surface area contributed by atoms with Gasteiger partial charge >= 0.3 is 5.97 Å². The maximum Gasteiger partial charge on any atom is 0.307 e. The zero-order chi connectivity index (χ0) is 21.7. The predicted molar refractivity (Wildman–Crippen MR) is 126 cm³/mol. The number of aliphatic carboxylic acids is 1. The lowest BCUT2D eigenvalue weighted by Crippen LogP contribution is -2.36. The maximum absolute atomic E-state index is 11.6. The molecule has 31 heavy (non-hydrogen) atoms. The molecular formula is C24H20ClN3O2S. The number of allylic oxidation sites excluding steroid dienone is 2. The Bertz CT molecular complexity index is 1320. The first-order valence-corrected chi connectivity index (χ1v) is 11.1. The van der Waals surface area contributed by atoms with E-state index in [4.69, 9.17) is 16.6 Å². The van der Waals surface area contributed by atoms with Crippen LogP contribution in [0.2, 0.25) is 5.02 Å². The molecule has 0 aliphatic carbocycles. The van der Waals surface area contributed by atoms with Gasteiger partial charge in [0, 0.05) is 28.6 Å². The van der Waals surface area contributed by atoms with E-state index < -0.39 is 5.97 Å². The van der Waals surface area contributed by atoms with Crippen molar-refractivity contribution >= 4 is 44.7 Å². The van der Waals surface area contributed by atoms with Crippen LogP contribution in [0.1, 0.15) is 23.1 Å². The highest BCUT2D eigenvalue weighted by atomic mass is 35.5. The topological polar surface area (TPSA) is 74.2 Å². The molecule has 1 atom stereocenters. The van der Waals surface area contributed by atoms with Crippen LogP contribution in [0.4, 0.5) is 0 Å². The Hall–Kier alpha value is -3.09. The number of nitrogens with zero attached hydrogens (tertiary/aromatic N) is 1. The third kappa shape index (κ3) is 3.52. The molecule has 0 spiro atoms. The third-order valence-electron chi connectivity index (χ3n) is 5.67. The number of dihydropyridines is 1. The van der Waals surface area contributed by atoms with Crippen molar-refractivity contribution in [2.75, 3.05) is 0 Å². The number of thiazole rings is 1. The van der Waals surface area contributed by atoms with Gasteiger partial charge in [-0.2, -0.15) is 0 Å². The van der Waals surface area contributed by atoms with Crippen molar-refractivity contribution in [3.63, 3.8) is 0 Å². The van der Waals surface area contributed by atoms with Crippen molar-refractivity contribution in [2.24, 2.45) is 0 Å². The van der Waals surface area contributed by atoms with Crippen LogP contribution >= 0.6 is 22.9 Å². The highest BCUT2D eigenvalue weighted by Crippen LogP contribution is 2.41. The number of fused-ring (bicyclic) bond motifs is 2. The van der Waals surface area contributed by atoms with Crippen molar-refractivity contribution in [3.8, 4) is 11.1 Å². The van der Waals surface area contributed by atoms with E-state index in [1.54, 1.807) is 11.3 Å². The first-order valence-electron chi connectivity index (χ1n) is 9.93. The maximum atomic E-state index is 11.6. The van der Waals surface area contributed by atoms with Gasteiger partial charge in [0.15, 0.2) is 0 Å². The standard InChI is InChI=1S/C24H20ClN3O2S/c1-12-7-19-22(21(17(12)9-20(29)30)14-3-5-16(25)6-4-14)31-24(28-19)15-8-18-13(2)10-26-23(18)27-11-15/h3-8,10-11,23,26-27H,9H2,1-2H3,(H,29,30). The summed E-state index contributed by atoms with van der Waals surface area (Å²) >= 11 is 7.69. The van der Waals surface area contributed by atoms with Crippen LogP contribution in [-0.2, 0) is 11.2 Å². The van der Waals surface area contributed by atoms with Gasteiger partial charge in [-0.15, -0.1) is 11.3 Å². The molecule has 1 unspecified atom stereocenters. The molecular weight excluding hydrogens is 430 g/mol. The zero-order valence-electron chi connectivity index (χ0n) is 17.0. The molecule has 0 saturated heterocycles. The van der Waals surface area contributed by atoms with E-state index in [9.17, 15) is 9.90 Å². The summed E-state index contributed by atoms with van der Waals surface area (Å²) < 4.78 is 0.984. The summed E-state index contributed by atoms with van der Waals surface area (Å²) in [6.07, 6.45) is 6.22. The number of halogens is 1. The highest BCUT2D eigenvalue weighted by Gasteiger charge is 2.25. The van der Waals surface area contributed by atoms with Crippen molar-refractivity contribution < 1.29 is 9.90 Å². The summed E-state index contributed by atoms with van der Waals surface area (Å²) in [5, 5.41) is 17.8. The summed E-state index contributed by atoms with van der Waals surface area (Å²) in [7, 11) is 0. The summed E-state index contributed by atoms with van der Waals surface area (Å²) in [4.78, 5) is 16.5. The van der Waals surface area contributed by atoms with Gasteiger partial charge in [-0.3, -0.25) is 4.79 Å². The molecule has 5 rings (SSSR count). The molecule has 2 aliphatic rings. The van der Waals surface area contributed by atoms with Crippen LogP contribution in [0.25, 0.3) is 26.9 Å². The van der Waals surface area contributed by atoms with Crippen LogP contribution in [0.3, 0.4) is 0 Å². The van der Waals surface area contributed by atoms with Crippen molar-refractivity contribution in [1.82, 2.24) is 15.6 Å². The zero-order valence-corrected chi connectivity index (χ0v) is 18.6. The number of aryl methyl sites for hydroxylation is 1. The van der Waals surface area contributed by atoms with Gasteiger partial charge in [-0.05, 0) is 66.0 Å². The number of carboxylic acids is 1. The molecule has 3 aromatic rings. The van der Waals surface area contributed by atoms with Gasteiger partial charge in [0.25, 0.3) is 0 Å². The average Bonchev–Trinajstić information content (AvgIpc) is 3.32. The monoisotopic (exact) mass is 449 g/mol. The van der Waals surface area contributed by atoms with E-state index >= 15 is 0 Å². The second-order valence-corrected chi connectivity index (χ2v) is 9.22. The quantitative estimate of drug-likeness (QED) is 0.507. The van der Waals surface area contributed by atoms with Crippen LogP contribution in [-0.4, -0.2) is 22.2 Å². The van der Waals surface area contributed by atoms with Crippen molar-refractivity contribution in [3.05, 3.63) is 81.1 Å². The van der Waals surface area contributed by atoms with Gasteiger partial charge in [0.05, 0.1) is 16.6 Å². The Morgan fingerprint density at radius 2 is 1.94 bits per heavy atom. The molecule has 0 radical (unpaired) electrons. The Kier molecular flexibility index (Phi) is 4.84. The fourth-order valence-corrected chi connectivity index (χ4v) is 5.36. The highest BCUT2D eigenvalue weighted by molar-refractivity contribution is 7.20. The molecule has 1 aromatic heterocycles. The Morgan fingerprint density at radius 3 is 2.68 bits per heavy atom. The molecule has 3 N–H and O–H groups in total. The fourth-order valence-electron chi connectivity index (χ4n) is 4.11. The van der Waals surface area contributed by atoms with Crippen LogP contribution in [0, 0.1) is 6.92 Å². The van der Waals surface area contributed by atoms with Gasteiger partial charge in [-0.1, -0.05) is 23.7 Å². The molecule has 5 nitrogen and oxygen atoms in total. The minimum Gasteiger partial charge on any atom is -0.481 e. The number of nitrogens with one attached hydrogen (secondary N) is 2. The lowest BCUT2D eigenvalue weighted by molar-refractivity contribution is -0.136. The Labute approximate surface area is 188 Å². The Morgan fingerprint density at radius 1 is 1.19 bits per heavy atom. The number of hydrogen-bond donors (Lipinski definition) is 3. The van der Waals surface area contributed by atoms with Crippen molar-refractivity contribution in [2.45, 2.75) is 26.4 Å². The lowest BCUT2D eigenvalue weighted by Gasteiger charge is -2.20. The van der Waals surface area contributed by atoms with Gasteiger partial charge in [0.1, 0.15) is 11.2 Å².